The summed E-state index contributed by atoms with van der Waals surface area (Å²) in [4.78, 5) is 11.4. The lowest BCUT2D eigenvalue weighted by molar-refractivity contribution is -0.274. The smallest absolute Gasteiger partial charge is 0.465 e. The van der Waals surface area contributed by atoms with Crippen molar-refractivity contribution in [2.24, 2.45) is 5.73 Å². The van der Waals surface area contributed by atoms with Crippen LogP contribution >= 0.6 is 0 Å². The first-order valence-corrected chi connectivity index (χ1v) is 7.10. The monoisotopic (exact) mass is 355 g/mol. The second-order valence-electron chi connectivity index (χ2n) is 4.93. The predicted octanol–water partition coefficient (Wildman–Crippen LogP) is 2.95. The van der Waals surface area contributed by atoms with E-state index < -0.39 is 18.5 Å². The van der Waals surface area contributed by atoms with Gasteiger partial charge in [-0.1, -0.05) is 12.1 Å². The highest BCUT2D eigenvalue weighted by atomic mass is 19.4. The fraction of sp³-hybridized carbons (Fsp3) is 0.188. The van der Waals surface area contributed by atoms with Crippen molar-refractivity contribution in [3.8, 4) is 5.75 Å². The van der Waals surface area contributed by atoms with Crippen molar-refractivity contribution in [3.05, 3.63) is 59.7 Å². The molecular formula is C16H16F3N3O3. The Hall–Kier alpha value is -2.78. The molecule has 0 aliphatic carbocycles. The largest absolute Gasteiger partial charge is 0.573 e. The van der Waals surface area contributed by atoms with E-state index in [0.717, 1.165) is 0 Å². The van der Waals surface area contributed by atoms with Crippen molar-refractivity contribution < 1.29 is 27.4 Å². The van der Waals surface area contributed by atoms with Crippen molar-refractivity contribution in [2.45, 2.75) is 12.5 Å². The molecule has 1 unspecified atom stereocenters. The van der Waals surface area contributed by atoms with Crippen LogP contribution in [0.4, 0.5) is 18.9 Å². The number of hydrazine groups is 1. The summed E-state index contributed by atoms with van der Waals surface area (Å²) in [7, 11) is 1.29. The zero-order valence-corrected chi connectivity index (χ0v) is 13.1. The number of alkyl halides is 3. The topological polar surface area (TPSA) is 85.6 Å². The fourth-order valence-electron chi connectivity index (χ4n) is 1.93. The van der Waals surface area contributed by atoms with Crippen LogP contribution in [0.25, 0.3) is 0 Å². The molecule has 9 heteroatoms. The Morgan fingerprint density at radius 1 is 1.08 bits per heavy atom. The number of ether oxygens (including phenoxy) is 2. The predicted molar refractivity (Wildman–Crippen MR) is 84.6 cm³/mol. The molecule has 0 heterocycles. The molecule has 0 aliphatic rings. The van der Waals surface area contributed by atoms with E-state index >= 15 is 0 Å². The zero-order valence-electron chi connectivity index (χ0n) is 13.1. The van der Waals surface area contributed by atoms with Crippen LogP contribution in [-0.2, 0) is 4.74 Å². The van der Waals surface area contributed by atoms with Gasteiger partial charge in [0.2, 0.25) is 0 Å². The molecule has 0 bridgehead atoms. The maximum absolute atomic E-state index is 12.1. The fourth-order valence-corrected chi connectivity index (χ4v) is 1.93. The minimum atomic E-state index is -4.73. The molecule has 0 aliphatic heterocycles. The van der Waals surface area contributed by atoms with Gasteiger partial charge in [0.1, 0.15) is 5.75 Å². The van der Waals surface area contributed by atoms with Gasteiger partial charge in [0.25, 0.3) is 0 Å². The Bertz CT molecular complexity index is 703. The molecule has 0 saturated carbocycles. The van der Waals surface area contributed by atoms with E-state index in [4.69, 9.17) is 5.73 Å². The van der Waals surface area contributed by atoms with E-state index in [1.54, 1.807) is 24.3 Å². The Labute approximate surface area is 141 Å². The highest BCUT2D eigenvalue weighted by Crippen LogP contribution is 2.23. The van der Waals surface area contributed by atoms with E-state index in [1.165, 1.54) is 31.4 Å². The maximum Gasteiger partial charge on any atom is 0.573 e. The first-order valence-electron chi connectivity index (χ1n) is 7.10. The third-order valence-corrected chi connectivity index (χ3v) is 3.15. The number of methoxy groups -OCH3 is 1. The second-order valence-corrected chi connectivity index (χ2v) is 4.93. The third kappa shape index (κ3) is 5.66. The molecule has 0 saturated heterocycles. The van der Waals surface area contributed by atoms with Crippen LogP contribution in [-0.4, -0.2) is 19.4 Å². The number of carbonyl (C=O) groups is 1. The average Bonchev–Trinajstić information content (AvgIpc) is 2.59. The number of carbonyl (C=O) groups excluding carboxylic acids is 1. The number of anilines is 1. The average molecular weight is 355 g/mol. The minimum absolute atomic E-state index is 0.319. The van der Waals surface area contributed by atoms with Gasteiger partial charge in [-0.2, -0.15) is 0 Å². The number of benzene rings is 2. The molecule has 6 nitrogen and oxygen atoms in total. The molecule has 25 heavy (non-hydrogen) atoms. The van der Waals surface area contributed by atoms with Gasteiger partial charge in [-0.25, -0.2) is 10.2 Å². The highest BCUT2D eigenvalue weighted by molar-refractivity contribution is 5.89. The minimum Gasteiger partial charge on any atom is -0.465 e. The first-order chi connectivity index (χ1) is 11.8. The number of rotatable bonds is 6. The van der Waals surface area contributed by atoms with Crippen LogP contribution in [0.2, 0.25) is 0 Å². The van der Waals surface area contributed by atoms with Crippen molar-refractivity contribution in [1.82, 2.24) is 5.43 Å². The molecule has 1 atom stereocenters. The molecule has 0 aromatic heterocycles. The molecule has 0 fully saturated rings. The summed E-state index contributed by atoms with van der Waals surface area (Å²) >= 11 is 0. The molecule has 0 radical (unpaired) electrons. The van der Waals surface area contributed by atoms with Crippen LogP contribution in [0.1, 0.15) is 22.1 Å². The quantitative estimate of drug-likeness (QED) is 0.420. The van der Waals surface area contributed by atoms with Gasteiger partial charge in [0, 0.05) is 5.69 Å². The van der Waals surface area contributed by atoms with E-state index in [-0.39, 0.29) is 5.75 Å². The van der Waals surface area contributed by atoms with Crippen LogP contribution in [0.3, 0.4) is 0 Å². The number of esters is 1. The lowest BCUT2D eigenvalue weighted by Gasteiger charge is -2.17. The summed E-state index contributed by atoms with van der Waals surface area (Å²) in [6, 6.07) is 11.6. The Kier molecular flexibility index (Phi) is 5.84. The van der Waals surface area contributed by atoms with Crippen LogP contribution < -0.4 is 21.3 Å². The summed E-state index contributed by atoms with van der Waals surface area (Å²) in [6.07, 6.45) is -5.34. The molecule has 0 spiro atoms. The lowest BCUT2D eigenvalue weighted by atomic mass is 10.1. The van der Waals surface area contributed by atoms with Crippen molar-refractivity contribution in [3.63, 3.8) is 0 Å². The van der Waals surface area contributed by atoms with E-state index in [9.17, 15) is 18.0 Å². The van der Waals surface area contributed by atoms with Crippen molar-refractivity contribution >= 4 is 11.7 Å². The van der Waals surface area contributed by atoms with Gasteiger partial charge in [0.05, 0.1) is 18.8 Å². The standard InChI is InChI=1S/C16H16F3N3O3/c1-24-15(23)11-4-2-10(3-5-11)14(20)22-21-12-6-8-13(9-7-12)25-16(17,18)19/h2-9,14,21-22H,20H2,1H3. The summed E-state index contributed by atoms with van der Waals surface area (Å²) in [5.74, 6) is -0.770. The van der Waals surface area contributed by atoms with Crippen LogP contribution in [0.15, 0.2) is 48.5 Å². The van der Waals surface area contributed by atoms with Crippen molar-refractivity contribution in [2.75, 3.05) is 12.5 Å². The number of hydrogen-bond acceptors (Lipinski definition) is 6. The van der Waals surface area contributed by atoms with E-state index in [1.807, 2.05) is 0 Å². The summed E-state index contributed by atoms with van der Waals surface area (Å²) in [5.41, 5.74) is 13.1. The summed E-state index contributed by atoms with van der Waals surface area (Å²) in [5, 5.41) is 0. The van der Waals surface area contributed by atoms with Gasteiger partial charge >= 0.3 is 12.3 Å². The lowest BCUT2D eigenvalue weighted by Crippen LogP contribution is -2.33. The number of hydrogen-bond donors (Lipinski definition) is 3. The number of nitrogens with one attached hydrogen (secondary N) is 2. The number of halogens is 3. The van der Waals surface area contributed by atoms with E-state index in [0.29, 0.717) is 16.8 Å². The first kappa shape index (κ1) is 18.6. The molecule has 2 rings (SSSR count). The summed E-state index contributed by atoms with van der Waals surface area (Å²) < 4.78 is 44.7. The highest BCUT2D eigenvalue weighted by Gasteiger charge is 2.30. The number of nitrogens with two attached hydrogens (primary N) is 1. The molecule has 0 amide bonds. The molecule has 4 N–H and O–H groups in total. The van der Waals surface area contributed by atoms with Crippen LogP contribution in [0, 0.1) is 0 Å². The van der Waals surface area contributed by atoms with Gasteiger partial charge in [0.15, 0.2) is 0 Å². The van der Waals surface area contributed by atoms with Crippen molar-refractivity contribution in [1.29, 1.82) is 0 Å². The second kappa shape index (κ2) is 7.86. The van der Waals surface area contributed by atoms with Crippen LogP contribution in [0.5, 0.6) is 5.75 Å². The molecule has 134 valence electrons. The third-order valence-electron chi connectivity index (χ3n) is 3.15. The zero-order chi connectivity index (χ0) is 18.4. The molecule has 2 aromatic carbocycles. The Balaban J connectivity index is 1.91. The molecule has 2 aromatic rings. The van der Waals surface area contributed by atoms with Gasteiger partial charge in [-0.3, -0.25) is 0 Å². The molecular weight excluding hydrogens is 339 g/mol. The SMILES string of the molecule is COC(=O)c1ccc(C(N)NNc2ccc(OC(F)(F)F)cc2)cc1. The maximum atomic E-state index is 12.1. The normalized spacial score (nSPS) is 12.4. The van der Waals surface area contributed by atoms with Gasteiger partial charge < -0.3 is 20.6 Å². The van der Waals surface area contributed by atoms with Gasteiger partial charge in [-0.15, -0.1) is 13.2 Å². The Morgan fingerprint density at radius 2 is 1.68 bits per heavy atom. The summed E-state index contributed by atoms with van der Waals surface area (Å²) in [6.45, 7) is 0. The van der Waals surface area contributed by atoms with E-state index in [2.05, 4.69) is 20.3 Å². The van der Waals surface area contributed by atoms with Gasteiger partial charge in [-0.05, 0) is 42.0 Å². The Morgan fingerprint density at radius 3 is 2.20 bits per heavy atom.